The van der Waals surface area contributed by atoms with Crippen molar-refractivity contribution in [3.63, 3.8) is 0 Å². The van der Waals surface area contributed by atoms with Crippen molar-refractivity contribution in [2.24, 2.45) is 0 Å². The van der Waals surface area contributed by atoms with Crippen molar-refractivity contribution in [3.8, 4) is 17.2 Å². The molecule has 1 fully saturated rings. The summed E-state index contributed by atoms with van der Waals surface area (Å²) in [4.78, 5) is 26.4. The van der Waals surface area contributed by atoms with E-state index in [1.807, 2.05) is 6.07 Å². The van der Waals surface area contributed by atoms with Gasteiger partial charge in [0.05, 0.1) is 31.9 Å². The van der Waals surface area contributed by atoms with Crippen LogP contribution in [-0.2, 0) is 14.3 Å². The summed E-state index contributed by atoms with van der Waals surface area (Å²) in [6.45, 7) is -0.292. The molecule has 1 saturated heterocycles. The summed E-state index contributed by atoms with van der Waals surface area (Å²) in [6, 6.07) is 12.4. The van der Waals surface area contributed by atoms with Gasteiger partial charge in [-0.3, -0.25) is 9.69 Å². The molecule has 0 spiro atoms. The highest BCUT2D eigenvalue weighted by Gasteiger charge is 2.35. The number of anilines is 1. The van der Waals surface area contributed by atoms with Crippen molar-refractivity contribution in [1.82, 2.24) is 0 Å². The molecule has 7 nitrogen and oxygen atoms in total. The summed E-state index contributed by atoms with van der Waals surface area (Å²) in [6.07, 6.45) is 1.66. The number of para-hydroxylation sites is 3. The van der Waals surface area contributed by atoms with Crippen LogP contribution in [0.1, 0.15) is 5.56 Å². The summed E-state index contributed by atoms with van der Waals surface area (Å²) in [5.41, 5.74) is 1.14. The summed E-state index contributed by atoms with van der Waals surface area (Å²) in [7, 11) is 4.30. The number of thiocarbonyl (C=S) groups is 1. The van der Waals surface area contributed by atoms with Crippen molar-refractivity contribution in [2.75, 3.05) is 32.8 Å². The van der Waals surface area contributed by atoms with Crippen molar-refractivity contribution >= 4 is 51.9 Å². The van der Waals surface area contributed by atoms with Crippen LogP contribution in [0.2, 0.25) is 0 Å². The predicted molar refractivity (Wildman–Crippen MR) is 119 cm³/mol. The Kier molecular flexibility index (Phi) is 6.96. The number of esters is 1. The number of carbonyl (C=O) groups excluding carboxylic acids is 2. The number of thioether (sulfide) groups is 1. The molecule has 1 amide bonds. The molecule has 3 rings (SSSR count). The molecule has 2 aromatic rings. The average molecular weight is 446 g/mol. The van der Waals surface area contributed by atoms with E-state index in [0.29, 0.717) is 37.7 Å². The van der Waals surface area contributed by atoms with Crippen LogP contribution in [0.4, 0.5) is 5.69 Å². The lowest BCUT2D eigenvalue weighted by atomic mass is 10.1. The molecule has 0 atom stereocenters. The number of methoxy groups -OCH3 is 3. The van der Waals surface area contributed by atoms with E-state index >= 15 is 0 Å². The lowest BCUT2D eigenvalue weighted by Gasteiger charge is -2.17. The summed E-state index contributed by atoms with van der Waals surface area (Å²) in [5, 5.41) is 0. The van der Waals surface area contributed by atoms with Gasteiger partial charge in [0.1, 0.15) is 5.75 Å². The first-order valence-electron chi connectivity index (χ1n) is 8.77. The molecule has 1 aliphatic rings. The first-order valence-corrected chi connectivity index (χ1v) is 10.00. The first-order chi connectivity index (χ1) is 14.5. The average Bonchev–Trinajstić information content (AvgIpc) is 3.04. The molecule has 1 heterocycles. The van der Waals surface area contributed by atoms with Gasteiger partial charge < -0.3 is 18.9 Å². The second-order valence-corrected chi connectivity index (χ2v) is 7.61. The van der Waals surface area contributed by atoms with Crippen molar-refractivity contribution in [1.29, 1.82) is 0 Å². The minimum Gasteiger partial charge on any atom is -0.495 e. The Labute approximate surface area is 183 Å². The minimum atomic E-state index is -0.533. The number of amides is 1. The Balaban J connectivity index is 1.97. The monoisotopic (exact) mass is 445 g/mol. The van der Waals surface area contributed by atoms with Crippen molar-refractivity contribution in [3.05, 3.63) is 52.9 Å². The number of hydrogen-bond donors (Lipinski definition) is 0. The van der Waals surface area contributed by atoms with E-state index in [4.69, 9.17) is 26.4 Å². The molecule has 30 heavy (non-hydrogen) atoms. The number of nitrogens with zero attached hydrogens (tertiary/aromatic N) is 1. The van der Waals surface area contributed by atoms with E-state index in [0.717, 1.165) is 0 Å². The lowest BCUT2D eigenvalue weighted by Crippen LogP contribution is -2.27. The SMILES string of the molecule is COC(=O)COc1c(/C=C2/SC(=S)N(c3ccccc3OC)C2=O)cccc1OC. The highest BCUT2D eigenvalue weighted by atomic mass is 32.2. The zero-order chi connectivity index (χ0) is 21.7. The van der Waals surface area contributed by atoms with E-state index in [9.17, 15) is 9.59 Å². The van der Waals surface area contributed by atoms with Crippen LogP contribution in [0, 0.1) is 0 Å². The maximum absolute atomic E-state index is 13.1. The van der Waals surface area contributed by atoms with E-state index in [2.05, 4.69) is 4.74 Å². The lowest BCUT2D eigenvalue weighted by molar-refractivity contribution is -0.142. The molecule has 2 aromatic carbocycles. The maximum Gasteiger partial charge on any atom is 0.343 e. The van der Waals surface area contributed by atoms with Gasteiger partial charge in [-0.05, 0) is 24.3 Å². The molecule has 0 saturated carbocycles. The van der Waals surface area contributed by atoms with Gasteiger partial charge in [0, 0.05) is 5.56 Å². The largest absolute Gasteiger partial charge is 0.495 e. The molecule has 0 aliphatic carbocycles. The van der Waals surface area contributed by atoms with Crippen LogP contribution in [0.25, 0.3) is 6.08 Å². The molecular formula is C21H19NO6S2. The molecule has 0 aromatic heterocycles. The Morgan fingerprint density at radius 3 is 2.47 bits per heavy atom. The molecule has 1 aliphatic heterocycles. The van der Waals surface area contributed by atoms with Crippen LogP contribution in [0.3, 0.4) is 0 Å². The van der Waals surface area contributed by atoms with Gasteiger partial charge in [0.15, 0.2) is 22.4 Å². The third-order valence-electron chi connectivity index (χ3n) is 4.20. The molecule has 0 radical (unpaired) electrons. The quantitative estimate of drug-likeness (QED) is 0.363. The minimum absolute atomic E-state index is 0.281. The highest BCUT2D eigenvalue weighted by molar-refractivity contribution is 8.27. The van der Waals surface area contributed by atoms with Crippen molar-refractivity contribution < 1.29 is 28.5 Å². The standard InChI is InChI=1S/C21H19NO6S2/c1-25-15-9-5-4-8-14(15)22-20(24)17(30-21(22)29)11-13-7-6-10-16(26-2)19(13)28-12-18(23)27-3/h4-11H,12H2,1-3H3/b17-11+. The highest BCUT2D eigenvalue weighted by Crippen LogP contribution is 2.41. The predicted octanol–water partition coefficient (Wildman–Crippen LogP) is 3.66. The van der Waals surface area contributed by atoms with Crippen LogP contribution >= 0.6 is 24.0 Å². The number of ether oxygens (including phenoxy) is 4. The molecule has 9 heteroatoms. The van der Waals surface area contributed by atoms with E-state index in [1.165, 1.54) is 38.0 Å². The summed E-state index contributed by atoms with van der Waals surface area (Å²) < 4.78 is 21.3. The van der Waals surface area contributed by atoms with Gasteiger partial charge in [-0.15, -0.1) is 0 Å². The molecule has 0 unspecified atom stereocenters. The summed E-state index contributed by atoms with van der Waals surface area (Å²) in [5.74, 6) is 0.477. The summed E-state index contributed by atoms with van der Waals surface area (Å²) >= 11 is 6.60. The Hall–Kier alpha value is -3.04. The second kappa shape index (κ2) is 9.64. The Morgan fingerprint density at radius 2 is 1.77 bits per heavy atom. The van der Waals surface area contributed by atoms with E-state index in [-0.39, 0.29) is 12.5 Å². The maximum atomic E-state index is 13.1. The third-order valence-corrected chi connectivity index (χ3v) is 5.50. The van der Waals surface area contributed by atoms with Gasteiger partial charge in [0.2, 0.25) is 0 Å². The van der Waals surface area contributed by atoms with Crippen LogP contribution in [0.5, 0.6) is 17.2 Å². The molecule has 0 bridgehead atoms. The van der Waals surface area contributed by atoms with E-state index < -0.39 is 5.97 Å². The Morgan fingerprint density at radius 1 is 1.07 bits per heavy atom. The number of rotatable bonds is 7. The van der Waals surface area contributed by atoms with Gasteiger partial charge in [-0.1, -0.05) is 48.2 Å². The first kappa shape index (κ1) is 21.7. The fourth-order valence-electron chi connectivity index (χ4n) is 2.78. The van der Waals surface area contributed by atoms with Crippen LogP contribution in [-0.4, -0.2) is 44.1 Å². The van der Waals surface area contributed by atoms with Gasteiger partial charge in [-0.25, -0.2) is 4.79 Å². The smallest absolute Gasteiger partial charge is 0.343 e. The van der Waals surface area contributed by atoms with Gasteiger partial charge in [-0.2, -0.15) is 0 Å². The number of benzene rings is 2. The zero-order valence-electron chi connectivity index (χ0n) is 16.5. The zero-order valence-corrected chi connectivity index (χ0v) is 18.2. The number of carbonyl (C=O) groups is 2. The van der Waals surface area contributed by atoms with Gasteiger partial charge in [0.25, 0.3) is 5.91 Å². The molecular weight excluding hydrogens is 426 g/mol. The van der Waals surface area contributed by atoms with Crippen LogP contribution in [0.15, 0.2) is 47.4 Å². The third kappa shape index (κ3) is 4.42. The normalized spacial score (nSPS) is 14.8. The molecule has 156 valence electrons. The fraction of sp³-hybridized carbons (Fsp3) is 0.190. The topological polar surface area (TPSA) is 74.3 Å². The van der Waals surface area contributed by atoms with Crippen molar-refractivity contribution in [2.45, 2.75) is 0 Å². The second-order valence-electron chi connectivity index (χ2n) is 5.93. The van der Waals surface area contributed by atoms with Crippen LogP contribution < -0.4 is 19.1 Å². The van der Waals surface area contributed by atoms with Gasteiger partial charge >= 0.3 is 5.97 Å². The molecule has 0 N–H and O–H groups in total. The fourth-order valence-corrected chi connectivity index (χ4v) is 4.06. The number of hydrogen-bond acceptors (Lipinski definition) is 8. The Bertz CT molecular complexity index is 1020. The van der Waals surface area contributed by atoms with E-state index in [1.54, 1.807) is 42.5 Å².